The number of fused-ring (bicyclic) bond motifs is 3. The Kier molecular flexibility index (Phi) is 7.18. The summed E-state index contributed by atoms with van der Waals surface area (Å²) < 4.78 is 16.0. The molecule has 1 N–H and O–H groups in total. The smallest absolute Gasteiger partial charge is 0.260 e. The second-order valence-electron chi connectivity index (χ2n) is 8.06. The first kappa shape index (κ1) is 22.7. The lowest BCUT2D eigenvalue weighted by Crippen LogP contribution is -2.52. The Morgan fingerprint density at radius 2 is 1.93 bits per heavy atom. The zero-order valence-corrected chi connectivity index (χ0v) is 19.3. The Morgan fingerprint density at radius 1 is 1.20 bits per heavy atom. The predicted molar refractivity (Wildman–Crippen MR) is 117 cm³/mol. The molecule has 8 heteroatoms. The molecule has 0 aliphatic carbocycles. The maximum Gasteiger partial charge on any atom is 0.260 e. The number of nitrogens with one attached hydrogen (secondary N) is 1. The van der Waals surface area contributed by atoms with Gasteiger partial charge in [-0.25, -0.2) is 0 Å². The molecule has 0 aromatic heterocycles. The number of rotatable bonds is 10. The van der Waals surface area contributed by atoms with Crippen LogP contribution in [0.3, 0.4) is 0 Å². The van der Waals surface area contributed by atoms with Crippen LogP contribution in [0.1, 0.15) is 61.3 Å². The highest BCUT2D eigenvalue weighted by Crippen LogP contribution is 2.58. The highest BCUT2D eigenvalue weighted by Gasteiger charge is 2.58. The van der Waals surface area contributed by atoms with E-state index < -0.39 is 10.8 Å². The van der Waals surface area contributed by atoms with Crippen molar-refractivity contribution in [1.29, 1.82) is 0 Å². The quantitative estimate of drug-likeness (QED) is 0.567. The molecular weight excluding hydrogens is 404 g/mol. The standard InChI is InChI=1S/C22H32N2O5S/c1-6-7-12-29-13-8-11-23-19(25)18-22(2,3)30-21-14-9-10-15(27-4)17(28-5)16(14)20(26)24(18)21/h9-10,18,21H,6-8,11-13H2,1-5H3,(H,23,25)/t18-,21-/m0/s1. The maximum atomic E-state index is 13.4. The number of benzene rings is 1. The highest BCUT2D eigenvalue weighted by atomic mass is 32.2. The number of carbonyl (C=O) groups is 2. The molecule has 0 spiro atoms. The van der Waals surface area contributed by atoms with Crippen molar-refractivity contribution < 1.29 is 23.8 Å². The molecule has 0 unspecified atom stereocenters. The molecule has 1 aromatic carbocycles. The second-order valence-corrected chi connectivity index (χ2v) is 9.80. The van der Waals surface area contributed by atoms with E-state index in [1.807, 2.05) is 26.0 Å². The molecule has 1 saturated heterocycles. The molecule has 0 saturated carbocycles. The molecule has 1 fully saturated rings. The molecule has 0 radical (unpaired) electrons. The summed E-state index contributed by atoms with van der Waals surface area (Å²) in [5, 5.41) is 2.79. The van der Waals surface area contributed by atoms with Crippen LogP contribution in [0.15, 0.2) is 12.1 Å². The molecule has 2 aliphatic heterocycles. The van der Waals surface area contributed by atoms with Gasteiger partial charge in [-0.05, 0) is 32.8 Å². The van der Waals surface area contributed by atoms with E-state index in [1.165, 1.54) is 7.11 Å². The summed E-state index contributed by atoms with van der Waals surface area (Å²) in [6.45, 7) is 8.06. The minimum atomic E-state index is -0.566. The number of thioether (sulfide) groups is 1. The highest BCUT2D eigenvalue weighted by molar-refractivity contribution is 8.01. The van der Waals surface area contributed by atoms with E-state index in [9.17, 15) is 9.59 Å². The average Bonchev–Trinajstić information content (AvgIpc) is 3.15. The molecule has 1 aromatic rings. The molecule has 2 atom stereocenters. The van der Waals surface area contributed by atoms with E-state index in [0.717, 1.165) is 31.4 Å². The van der Waals surface area contributed by atoms with Crippen LogP contribution in [0.4, 0.5) is 0 Å². The van der Waals surface area contributed by atoms with Gasteiger partial charge in [0.15, 0.2) is 11.5 Å². The maximum absolute atomic E-state index is 13.4. The van der Waals surface area contributed by atoms with Crippen molar-refractivity contribution in [2.75, 3.05) is 34.0 Å². The van der Waals surface area contributed by atoms with Crippen molar-refractivity contribution in [3.05, 3.63) is 23.3 Å². The number of carbonyl (C=O) groups excluding carboxylic acids is 2. The fourth-order valence-electron chi connectivity index (χ4n) is 4.09. The van der Waals surface area contributed by atoms with Gasteiger partial charge in [-0.1, -0.05) is 19.4 Å². The molecular formula is C22H32N2O5S. The lowest BCUT2D eigenvalue weighted by Gasteiger charge is -2.29. The molecule has 3 rings (SSSR count). The fourth-order valence-corrected chi connectivity index (χ4v) is 5.67. The number of hydrogen-bond donors (Lipinski definition) is 1. The average molecular weight is 437 g/mol. The van der Waals surface area contributed by atoms with Crippen LogP contribution >= 0.6 is 11.8 Å². The Labute approximate surface area is 182 Å². The van der Waals surface area contributed by atoms with Gasteiger partial charge in [0.25, 0.3) is 5.91 Å². The molecule has 7 nitrogen and oxygen atoms in total. The van der Waals surface area contributed by atoms with Crippen LogP contribution in [-0.4, -0.2) is 61.5 Å². The predicted octanol–water partition coefficient (Wildman–Crippen LogP) is 3.38. The van der Waals surface area contributed by atoms with E-state index >= 15 is 0 Å². The van der Waals surface area contributed by atoms with Crippen LogP contribution in [0.25, 0.3) is 0 Å². The van der Waals surface area contributed by atoms with Gasteiger partial charge in [-0.2, -0.15) is 0 Å². The summed E-state index contributed by atoms with van der Waals surface area (Å²) in [5.41, 5.74) is 1.36. The topological polar surface area (TPSA) is 77.1 Å². The van der Waals surface area contributed by atoms with Gasteiger partial charge in [0.2, 0.25) is 5.91 Å². The molecule has 2 aliphatic rings. The van der Waals surface area contributed by atoms with E-state index in [1.54, 1.807) is 23.8 Å². The number of unbranched alkanes of at least 4 members (excludes halogenated alkanes) is 1. The van der Waals surface area contributed by atoms with Crippen LogP contribution in [0.5, 0.6) is 11.5 Å². The van der Waals surface area contributed by atoms with Crippen molar-refractivity contribution in [2.45, 2.75) is 56.2 Å². The Hall–Kier alpha value is -1.93. The normalized spacial score (nSPS) is 21.4. The summed E-state index contributed by atoms with van der Waals surface area (Å²) in [6.07, 6.45) is 2.90. The summed E-state index contributed by atoms with van der Waals surface area (Å²) in [7, 11) is 3.07. The summed E-state index contributed by atoms with van der Waals surface area (Å²) in [5.74, 6) is 0.623. The number of methoxy groups -OCH3 is 2. The van der Waals surface area contributed by atoms with Crippen LogP contribution in [-0.2, 0) is 9.53 Å². The molecule has 2 amide bonds. The second kappa shape index (κ2) is 9.47. The first-order valence-electron chi connectivity index (χ1n) is 10.5. The van der Waals surface area contributed by atoms with E-state index in [0.29, 0.717) is 30.2 Å². The molecule has 30 heavy (non-hydrogen) atoms. The largest absolute Gasteiger partial charge is 0.493 e. The monoisotopic (exact) mass is 436 g/mol. The minimum Gasteiger partial charge on any atom is -0.493 e. The third-order valence-electron chi connectivity index (χ3n) is 5.55. The van der Waals surface area contributed by atoms with E-state index in [-0.39, 0.29) is 17.2 Å². The summed E-state index contributed by atoms with van der Waals surface area (Å²) in [6, 6.07) is 3.15. The number of hydrogen-bond acceptors (Lipinski definition) is 6. The van der Waals surface area contributed by atoms with Gasteiger partial charge < -0.3 is 24.4 Å². The van der Waals surface area contributed by atoms with Crippen molar-refractivity contribution in [3.8, 4) is 11.5 Å². The lowest BCUT2D eigenvalue weighted by molar-refractivity contribution is -0.126. The van der Waals surface area contributed by atoms with Gasteiger partial charge in [0.05, 0.1) is 19.8 Å². The summed E-state index contributed by atoms with van der Waals surface area (Å²) in [4.78, 5) is 28.2. The van der Waals surface area contributed by atoms with Gasteiger partial charge in [-0.15, -0.1) is 11.8 Å². The molecule has 0 bridgehead atoms. The number of nitrogens with zero attached hydrogens (tertiary/aromatic N) is 1. The van der Waals surface area contributed by atoms with Gasteiger partial charge in [0, 0.05) is 30.1 Å². The van der Waals surface area contributed by atoms with Gasteiger partial charge >= 0.3 is 0 Å². The van der Waals surface area contributed by atoms with Crippen LogP contribution < -0.4 is 14.8 Å². The zero-order chi connectivity index (χ0) is 21.9. The Bertz CT molecular complexity index is 798. The number of ether oxygens (including phenoxy) is 3. The van der Waals surface area contributed by atoms with E-state index in [2.05, 4.69) is 12.2 Å². The van der Waals surface area contributed by atoms with Gasteiger partial charge in [-0.3, -0.25) is 9.59 Å². The van der Waals surface area contributed by atoms with Crippen molar-refractivity contribution in [1.82, 2.24) is 10.2 Å². The lowest BCUT2D eigenvalue weighted by atomic mass is 10.0. The first-order valence-corrected chi connectivity index (χ1v) is 11.4. The van der Waals surface area contributed by atoms with Crippen molar-refractivity contribution in [3.63, 3.8) is 0 Å². The third kappa shape index (κ3) is 4.12. The molecule has 166 valence electrons. The SMILES string of the molecule is CCCCOCCCNC(=O)[C@@H]1N2C(=O)c3c(ccc(OC)c3OC)[C@@H]2SC1(C)C. The fraction of sp³-hybridized carbons (Fsp3) is 0.636. The van der Waals surface area contributed by atoms with E-state index in [4.69, 9.17) is 14.2 Å². The summed E-state index contributed by atoms with van der Waals surface area (Å²) >= 11 is 1.63. The van der Waals surface area contributed by atoms with Gasteiger partial charge in [0.1, 0.15) is 11.4 Å². The van der Waals surface area contributed by atoms with Crippen molar-refractivity contribution in [2.24, 2.45) is 0 Å². The first-order chi connectivity index (χ1) is 14.4. The number of amides is 2. The third-order valence-corrected chi connectivity index (χ3v) is 7.09. The van der Waals surface area contributed by atoms with Crippen LogP contribution in [0, 0.1) is 0 Å². The Balaban J connectivity index is 1.73. The zero-order valence-electron chi connectivity index (χ0n) is 18.4. The van der Waals surface area contributed by atoms with Crippen molar-refractivity contribution >= 4 is 23.6 Å². The van der Waals surface area contributed by atoms with Crippen LogP contribution in [0.2, 0.25) is 0 Å². The Morgan fingerprint density at radius 3 is 2.60 bits per heavy atom. The molecule has 2 heterocycles. The minimum absolute atomic E-state index is 0.129.